The molecule has 2 rings (SSSR count). The van der Waals surface area contributed by atoms with Gasteiger partial charge in [0.05, 0.1) is 12.3 Å². The Balaban J connectivity index is 1.86. The number of halogens is 1. The Kier molecular flexibility index (Phi) is 4.58. The Bertz CT molecular complexity index is 546. The van der Waals surface area contributed by atoms with Crippen molar-refractivity contribution in [2.24, 2.45) is 0 Å². The van der Waals surface area contributed by atoms with Gasteiger partial charge in [0.1, 0.15) is 5.69 Å². The molecule has 1 aromatic heterocycles. The smallest absolute Gasteiger partial charge is 0.241 e. The van der Waals surface area contributed by atoms with Crippen molar-refractivity contribution in [2.75, 3.05) is 12.3 Å². The average Bonchev–Trinajstić information content (AvgIpc) is 2.41. The lowest BCUT2D eigenvalue weighted by molar-refractivity contribution is 0.300. The van der Waals surface area contributed by atoms with E-state index in [1.807, 2.05) is 18.2 Å². The highest BCUT2D eigenvalue weighted by atomic mass is 35.5. The van der Waals surface area contributed by atoms with Crippen LogP contribution in [-0.4, -0.2) is 16.6 Å². The third-order valence-electron chi connectivity index (χ3n) is 2.77. The molecule has 2 N–H and O–H groups in total. The second kappa shape index (κ2) is 6.38. The third-order valence-corrected chi connectivity index (χ3v) is 2.93. The van der Waals surface area contributed by atoms with Gasteiger partial charge in [-0.05, 0) is 36.9 Å². The predicted molar refractivity (Wildman–Crippen MR) is 76.4 cm³/mol. The van der Waals surface area contributed by atoms with Crippen LogP contribution in [0.1, 0.15) is 17.7 Å². The maximum Gasteiger partial charge on any atom is 0.241 e. The maximum absolute atomic E-state index is 5.84. The number of aryl methyl sites for hydroxylation is 2. The number of anilines is 1. The zero-order valence-corrected chi connectivity index (χ0v) is 11.5. The number of hydrogen-bond donors (Lipinski definition) is 1. The highest BCUT2D eigenvalue weighted by Crippen LogP contribution is 2.22. The molecule has 100 valence electrons. The van der Waals surface area contributed by atoms with E-state index in [2.05, 4.69) is 22.1 Å². The van der Waals surface area contributed by atoms with Crippen molar-refractivity contribution in [3.05, 3.63) is 46.9 Å². The Morgan fingerprint density at radius 1 is 1.21 bits per heavy atom. The zero-order valence-electron chi connectivity index (χ0n) is 10.8. The van der Waals surface area contributed by atoms with Crippen LogP contribution < -0.4 is 10.5 Å². The van der Waals surface area contributed by atoms with E-state index in [0.717, 1.165) is 12.8 Å². The molecule has 0 saturated heterocycles. The van der Waals surface area contributed by atoms with E-state index >= 15 is 0 Å². The summed E-state index contributed by atoms with van der Waals surface area (Å²) in [5, 5.41) is 0.157. The standard InChI is InChI=1S/C14H16ClN3O/c1-10-12(16)13(18-14(15)17-10)19-9-5-8-11-6-3-2-4-7-11/h2-4,6-7H,5,8-9,16H2,1H3. The molecule has 0 spiro atoms. The van der Waals surface area contributed by atoms with Crippen LogP contribution >= 0.6 is 11.6 Å². The molecule has 5 heteroatoms. The average molecular weight is 278 g/mol. The molecule has 0 aliphatic heterocycles. The van der Waals surface area contributed by atoms with Gasteiger partial charge in [0, 0.05) is 0 Å². The van der Waals surface area contributed by atoms with Crippen LogP contribution in [-0.2, 0) is 6.42 Å². The topological polar surface area (TPSA) is 61.0 Å². The van der Waals surface area contributed by atoms with Crippen molar-refractivity contribution in [1.82, 2.24) is 9.97 Å². The normalized spacial score (nSPS) is 10.4. The number of rotatable bonds is 5. The van der Waals surface area contributed by atoms with Crippen molar-refractivity contribution >= 4 is 17.3 Å². The van der Waals surface area contributed by atoms with Gasteiger partial charge in [0.25, 0.3) is 0 Å². The first kappa shape index (κ1) is 13.6. The minimum atomic E-state index is 0.157. The summed E-state index contributed by atoms with van der Waals surface area (Å²) in [5.41, 5.74) is 8.21. The number of nitrogen functional groups attached to an aromatic ring is 1. The summed E-state index contributed by atoms with van der Waals surface area (Å²) in [5.74, 6) is 0.366. The van der Waals surface area contributed by atoms with E-state index in [9.17, 15) is 0 Å². The second-order valence-electron chi connectivity index (χ2n) is 4.23. The molecule has 0 amide bonds. The van der Waals surface area contributed by atoms with Gasteiger partial charge in [-0.1, -0.05) is 30.3 Å². The molecule has 19 heavy (non-hydrogen) atoms. The fraction of sp³-hybridized carbons (Fsp3) is 0.286. The van der Waals surface area contributed by atoms with Crippen LogP contribution in [0.2, 0.25) is 5.28 Å². The molecule has 0 aliphatic rings. The number of ether oxygens (including phenoxy) is 1. The summed E-state index contributed by atoms with van der Waals surface area (Å²) in [6.07, 6.45) is 1.85. The summed E-state index contributed by atoms with van der Waals surface area (Å²) in [7, 11) is 0. The molecular weight excluding hydrogens is 262 g/mol. The number of nitrogens with zero attached hydrogens (tertiary/aromatic N) is 2. The Morgan fingerprint density at radius 3 is 2.68 bits per heavy atom. The molecule has 1 heterocycles. The monoisotopic (exact) mass is 277 g/mol. The van der Waals surface area contributed by atoms with Crippen molar-refractivity contribution in [2.45, 2.75) is 19.8 Å². The number of benzene rings is 1. The van der Waals surface area contributed by atoms with Gasteiger partial charge in [-0.2, -0.15) is 4.98 Å². The fourth-order valence-electron chi connectivity index (χ4n) is 1.72. The largest absolute Gasteiger partial charge is 0.476 e. The van der Waals surface area contributed by atoms with Crippen LogP contribution in [0, 0.1) is 6.92 Å². The summed E-state index contributed by atoms with van der Waals surface area (Å²) < 4.78 is 5.56. The number of hydrogen-bond acceptors (Lipinski definition) is 4. The zero-order chi connectivity index (χ0) is 13.7. The van der Waals surface area contributed by atoms with Crippen molar-refractivity contribution in [1.29, 1.82) is 0 Å². The third kappa shape index (κ3) is 3.83. The van der Waals surface area contributed by atoms with Gasteiger partial charge in [-0.15, -0.1) is 0 Å². The van der Waals surface area contributed by atoms with Crippen molar-refractivity contribution < 1.29 is 4.74 Å². The molecule has 0 saturated carbocycles. The van der Waals surface area contributed by atoms with E-state index in [1.165, 1.54) is 5.56 Å². The predicted octanol–water partition coefficient (Wildman–Crippen LogP) is 3.03. The Morgan fingerprint density at radius 2 is 1.95 bits per heavy atom. The van der Waals surface area contributed by atoms with Crippen molar-refractivity contribution in [3.63, 3.8) is 0 Å². The van der Waals surface area contributed by atoms with Gasteiger partial charge < -0.3 is 10.5 Å². The minimum absolute atomic E-state index is 0.157. The first-order chi connectivity index (χ1) is 9.16. The summed E-state index contributed by atoms with van der Waals surface area (Å²) in [6, 6.07) is 10.3. The van der Waals surface area contributed by atoms with Gasteiger partial charge in [-0.25, -0.2) is 4.98 Å². The van der Waals surface area contributed by atoms with Gasteiger partial charge in [0.2, 0.25) is 11.2 Å². The quantitative estimate of drug-likeness (QED) is 0.674. The molecule has 0 aliphatic carbocycles. The second-order valence-corrected chi connectivity index (χ2v) is 4.57. The fourth-order valence-corrected chi connectivity index (χ4v) is 1.93. The highest BCUT2D eigenvalue weighted by molar-refractivity contribution is 6.28. The van der Waals surface area contributed by atoms with E-state index < -0.39 is 0 Å². The number of aromatic nitrogens is 2. The van der Waals surface area contributed by atoms with Gasteiger partial charge in [0.15, 0.2) is 0 Å². The van der Waals surface area contributed by atoms with E-state index in [4.69, 9.17) is 22.1 Å². The summed E-state index contributed by atoms with van der Waals surface area (Å²) >= 11 is 5.77. The van der Waals surface area contributed by atoms with E-state index in [0.29, 0.717) is 23.9 Å². The first-order valence-electron chi connectivity index (χ1n) is 6.13. The molecule has 4 nitrogen and oxygen atoms in total. The Labute approximate surface area is 117 Å². The molecule has 0 fully saturated rings. The van der Waals surface area contributed by atoms with Crippen LogP contribution in [0.4, 0.5) is 5.69 Å². The lowest BCUT2D eigenvalue weighted by Gasteiger charge is -2.09. The number of nitrogens with two attached hydrogens (primary N) is 1. The SMILES string of the molecule is Cc1nc(Cl)nc(OCCCc2ccccc2)c1N. The van der Waals surface area contributed by atoms with Crippen molar-refractivity contribution in [3.8, 4) is 5.88 Å². The van der Waals surface area contributed by atoms with E-state index in [-0.39, 0.29) is 5.28 Å². The highest BCUT2D eigenvalue weighted by Gasteiger charge is 2.08. The summed E-state index contributed by atoms with van der Waals surface area (Å²) in [4.78, 5) is 7.94. The van der Waals surface area contributed by atoms with Crippen LogP contribution in [0.25, 0.3) is 0 Å². The van der Waals surface area contributed by atoms with Gasteiger partial charge >= 0.3 is 0 Å². The molecule has 0 bridgehead atoms. The molecule has 0 atom stereocenters. The minimum Gasteiger partial charge on any atom is -0.476 e. The van der Waals surface area contributed by atoms with Crippen LogP contribution in [0.15, 0.2) is 30.3 Å². The lowest BCUT2D eigenvalue weighted by Crippen LogP contribution is -2.06. The molecule has 1 aromatic carbocycles. The molecule has 0 unspecified atom stereocenters. The molecule has 2 aromatic rings. The van der Waals surface area contributed by atoms with Crippen LogP contribution in [0.3, 0.4) is 0 Å². The van der Waals surface area contributed by atoms with Crippen LogP contribution in [0.5, 0.6) is 5.88 Å². The maximum atomic E-state index is 5.84. The summed E-state index contributed by atoms with van der Waals surface area (Å²) in [6.45, 7) is 2.32. The molecular formula is C14H16ClN3O. The first-order valence-corrected chi connectivity index (χ1v) is 6.51. The molecule has 0 radical (unpaired) electrons. The Hall–Kier alpha value is -1.81. The lowest BCUT2D eigenvalue weighted by atomic mass is 10.1. The van der Waals surface area contributed by atoms with Gasteiger partial charge in [-0.3, -0.25) is 0 Å². The van der Waals surface area contributed by atoms with E-state index in [1.54, 1.807) is 6.92 Å².